The van der Waals surface area contributed by atoms with E-state index in [2.05, 4.69) is 5.32 Å². The maximum Gasteiger partial charge on any atom is 0.223 e. The van der Waals surface area contributed by atoms with Crippen LogP contribution in [0, 0.1) is 11.8 Å². The van der Waals surface area contributed by atoms with Crippen LogP contribution >= 0.6 is 0 Å². The van der Waals surface area contributed by atoms with E-state index in [1.165, 1.54) is 32.1 Å². The highest BCUT2D eigenvalue weighted by Crippen LogP contribution is 2.48. The lowest BCUT2D eigenvalue weighted by atomic mass is 9.93. The van der Waals surface area contributed by atoms with Gasteiger partial charge >= 0.3 is 0 Å². The molecule has 0 atom stereocenters. The average Bonchev–Trinajstić information content (AvgIpc) is 2.81. The topological polar surface area (TPSA) is 29.1 Å². The summed E-state index contributed by atoms with van der Waals surface area (Å²) in [5.74, 6) is 1.66. The van der Waals surface area contributed by atoms with E-state index in [9.17, 15) is 4.79 Å². The summed E-state index contributed by atoms with van der Waals surface area (Å²) in [6.07, 6.45) is 8.73. The van der Waals surface area contributed by atoms with Crippen molar-refractivity contribution in [3.05, 3.63) is 0 Å². The highest BCUT2D eigenvalue weighted by Gasteiger charge is 2.47. The van der Waals surface area contributed by atoms with Crippen molar-refractivity contribution in [1.29, 1.82) is 0 Å². The zero-order chi connectivity index (χ0) is 8.89. The molecule has 3 fully saturated rings. The highest BCUT2D eigenvalue weighted by molar-refractivity contribution is 5.81. The van der Waals surface area contributed by atoms with Gasteiger partial charge in [-0.25, -0.2) is 0 Å². The molecule has 0 spiro atoms. The Labute approximate surface area is 79.1 Å². The average molecular weight is 179 g/mol. The molecule has 2 nitrogen and oxygen atoms in total. The van der Waals surface area contributed by atoms with Crippen LogP contribution in [-0.4, -0.2) is 11.4 Å². The predicted octanol–water partition coefficient (Wildman–Crippen LogP) is 1.85. The molecule has 0 heterocycles. The van der Waals surface area contributed by atoms with E-state index in [-0.39, 0.29) is 5.54 Å². The summed E-state index contributed by atoms with van der Waals surface area (Å²) >= 11 is 0. The zero-order valence-electron chi connectivity index (χ0n) is 8.01. The number of hydrogen-bond donors (Lipinski definition) is 1. The lowest BCUT2D eigenvalue weighted by molar-refractivity contribution is -0.124. The van der Waals surface area contributed by atoms with Crippen LogP contribution in [0.25, 0.3) is 0 Å². The second-order valence-corrected chi connectivity index (χ2v) is 5.19. The van der Waals surface area contributed by atoms with E-state index in [1.54, 1.807) is 0 Å². The number of carbonyl (C=O) groups excluding carboxylic acids is 1. The van der Waals surface area contributed by atoms with Gasteiger partial charge in [-0.15, -0.1) is 0 Å². The normalized spacial score (nSPS) is 42.3. The fourth-order valence-corrected chi connectivity index (χ4v) is 3.08. The van der Waals surface area contributed by atoms with Crippen LogP contribution in [0.1, 0.15) is 44.9 Å². The van der Waals surface area contributed by atoms with Crippen molar-refractivity contribution < 1.29 is 4.79 Å². The summed E-state index contributed by atoms with van der Waals surface area (Å²) in [6, 6.07) is 0. The molecule has 3 aliphatic carbocycles. The summed E-state index contributed by atoms with van der Waals surface area (Å²) < 4.78 is 0. The van der Waals surface area contributed by atoms with Crippen molar-refractivity contribution >= 4 is 5.91 Å². The minimum absolute atomic E-state index is 0.254. The number of nitrogens with one attached hydrogen (secondary N) is 1. The van der Waals surface area contributed by atoms with Crippen LogP contribution < -0.4 is 5.32 Å². The molecule has 0 aromatic heterocycles. The fraction of sp³-hybridized carbons (Fsp3) is 0.909. The van der Waals surface area contributed by atoms with Gasteiger partial charge in [0.05, 0.1) is 0 Å². The molecule has 0 radical (unpaired) electrons. The van der Waals surface area contributed by atoms with Crippen LogP contribution in [-0.2, 0) is 4.79 Å². The van der Waals surface area contributed by atoms with Crippen LogP contribution in [0.15, 0.2) is 0 Å². The van der Waals surface area contributed by atoms with Gasteiger partial charge in [-0.1, -0.05) is 0 Å². The monoisotopic (exact) mass is 179 g/mol. The molecule has 1 N–H and O–H groups in total. The van der Waals surface area contributed by atoms with Gasteiger partial charge < -0.3 is 5.32 Å². The first kappa shape index (κ1) is 7.84. The van der Waals surface area contributed by atoms with Gasteiger partial charge in [-0.3, -0.25) is 4.79 Å². The van der Waals surface area contributed by atoms with E-state index >= 15 is 0 Å². The number of hydrogen-bond acceptors (Lipinski definition) is 1. The van der Waals surface area contributed by atoms with Crippen molar-refractivity contribution in [1.82, 2.24) is 5.32 Å². The first-order chi connectivity index (χ1) is 6.27. The molecule has 0 unspecified atom stereocenters. The summed E-state index contributed by atoms with van der Waals surface area (Å²) in [5.41, 5.74) is 0.254. The van der Waals surface area contributed by atoms with Gasteiger partial charge in [0.2, 0.25) is 5.91 Å². The third kappa shape index (κ3) is 1.27. The minimum Gasteiger partial charge on any atom is -0.350 e. The van der Waals surface area contributed by atoms with E-state index in [1.807, 2.05) is 0 Å². The summed E-state index contributed by atoms with van der Waals surface area (Å²) in [5, 5.41) is 3.31. The molecule has 2 heteroatoms. The maximum atomic E-state index is 11.6. The fourth-order valence-electron chi connectivity index (χ4n) is 3.08. The second kappa shape index (κ2) is 2.49. The molecule has 3 saturated carbocycles. The lowest BCUT2D eigenvalue weighted by Crippen LogP contribution is -2.45. The maximum absolute atomic E-state index is 11.6. The van der Waals surface area contributed by atoms with Crippen LogP contribution in [0.4, 0.5) is 0 Å². The standard InChI is InChI=1S/C11H17NO/c13-10(9-1-2-9)12-11-5-3-8(7-11)4-6-11/h8-9H,1-7H2,(H,12,13). The molecule has 72 valence electrons. The predicted molar refractivity (Wildman–Crippen MR) is 50.2 cm³/mol. The Morgan fingerprint density at radius 2 is 1.85 bits per heavy atom. The van der Waals surface area contributed by atoms with Crippen molar-refractivity contribution in [2.45, 2.75) is 50.5 Å². The SMILES string of the molecule is O=C(NC12CCC(CC1)C2)C1CC1. The summed E-state index contributed by atoms with van der Waals surface area (Å²) in [4.78, 5) is 11.6. The largest absolute Gasteiger partial charge is 0.350 e. The smallest absolute Gasteiger partial charge is 0.223 e. The van der Waals surface area contributed by atoms with Crippen LogP contribution in [0.5, 0.6) is 0 Å². The Bertz CT molecular complexity index is 236. The molecule has 3 rings (SSSR count). The molecule has 3 aliphatic rings. The molecular formula is C11H17NO. The van der Waals surface area contributed by atoms with E-state index in [0.717, 1.165) is 18.8 Å². The first-order valence-electron chi connectivity index (χ1n) is 5.59. The molecule has 0 aliphatic heterocycles. The molecular weight excluding hydrogens is 162 g/mol. The molecule has 1 amide bonds. The lowest BCUT2D eigenvalue weighted by Gasteiger charge is -2.28. The van der Waals surface area contributed by atoms with E-state index in [0.29, 0.717) is 11.8 Å². The Balaban J connectivity index is 1.67. The summed E-state index contributed by atoms with van der Waals surface area (Å²) in [6.45, 7) is 0. The number of fused-ring (bicyclic) bond motifs is 2. The first-order valence-corrected chi connectivity index (χ1v) is 5.59. The van der Waals surface area contributed by atoms with Crippen LogP contribution in [0.3, 0.4) is 0 Å². The molecule has 0 aromatic carbocycles. The van der Waals surface area contributed by atoms with Gasteiger partial charge in [-0.05, 0) is 50.9 Å². The zero-order valence-corrected chi connectivity index (χ0v) is 8.01. The highest BCUT2D eigenvalue weighted by atomic mass is 16.2. The third-order valence-corrected chi connectivity index (χ3v) is 4.08. The van der Waals surface area contributed by atoms with Gasteiger partial charge in [0, 0.05) is 11.5 Å². The Morgan fingerprint density at radius 1 is 1.15 bits per heavy atom. The molecule has 13 heavy (non-hydrogen) atoms. The minimum atomic E-state index is 0.254. The van der Waals surface area contributed by atoms with Gasteiger partial charge in [0.1, 0.15) is 0 Å². The van der Waals surface area contributed by atoms with E-state index in [4.69, 9.17) is 0 Å². The van der Waals surface area contributed by atoms with Gasteiger partial charge in [-0.2, -0.15) is 0 Å². The summed E-state index contributed by atoms with van der Waals surface area (Å²) in [7, 11) is 0. The number of amides is 1. The van der Waals surface area contributed by atoms with Crippen LogP contribution in [0.2, 0.25) is 0 Å². The van der Waals surface area contributed by atoms with Gasteiger partial charge in [0.25, 0.3) is 0 Å². The quantitative estimate of drug-likeness (QED) is 0.688. The molecule has 2 bridgehead atoms. The number of carbonyl (C=O) groups is 1. The molecule has 0 aromatic rings. The Kier molecular flexibility index (Phi) is 1.50. The Hall–Kier alpha value is -0.530. The van der Waals surface area contributed by atoms with E-state index < -0.39 is 0 Å². The second-order valence-electron chi connectivity index (χ2n) is 5.19. The Morgan fingerprint density at radius 3 is 2.31 bits per heavy atom. The molecule has 0 saturated heterocycles. The van der Waals surface area contributed by atoms with Crippen molar-refractivity contribution in [2.24, 2.45) is 11.8 Å². The number of rotatable bonds is 2. The van der Waals surface area contributed by atoms with Crippen molar-refractivity contribution in [3.63, 3.8) is 0 Å². The van der Waals surface area contributed by atoms with Crippen molar-refractivity contribution in [3.8, 4) is 0 Å². The third-order valence-electron chi connectivity index (χ3n) is 4.08. The van der Waals surface area contributed by atoms with Gasteiger partial charge in [0.15, 0.2) is 0 Å². The van der Waals surface area contributed by atoms with Crippen molar-refractivity contribution in [2.75, 3.05) is 0 Å².